The maximum Gasteiger partial charge on any atom is 0.250 e. The number of halogens is 1. The summed E-state index contributed by atoms with van der Waals surface area (Å²) >= 11 is 6.73. The third kappa shape index (κ3) is 36.5. The first-order valence-corrected chi connectivity index (χ1v) is 52.1. The molecule has 0 N–H and O–H groups in total. The molecule has 0 atom stereocenters. The van der Waals surface area contributed by atoms with Gasteiger partial charge < -0.3 is 13.9 Å². The van der Waals surface area contributed by atoms with Crippen LogP contribution in [-0.2, 0) is 26.2 Å². The van der Waals surface area contributed by atoms with Gasteiger partial charge in [0.2, 0.25) is 0 Å². The predicted octanol–water partition coefficient (Wildman–Crippen LogP) is 33.9. The van der Waals surface area contributed by atoms with Gasteiger partial charge in [-0.1, -0.05) is 328 Å². The van der Waals surface area contributed by atoms with E-state index in [1.54, 1.807) is 98.1 Å². The Morgan fingerprint density at radius 3 is 1.26 bits per heavy atom. The van der Waals surface area contributed by atoms with E-state index in [0.29, 0.717) is 66.4 Å². The molecule has 0 spiro atoms. The molecule has 0 radical (unpaired) electrons. The van der Waals surface area contributed by atoms with Gasteiger partial charge in [0.25, 0.3) is 11.1 Å². The predicted molar refractivity (Wildman–Crippen MR) is 606 cm³/mol. The first-order chi connectivity index (χ1) is 67.1. The molecular formula is C123H148FN11O3S4. The van der Waals surface area contributed by atoms with Crippen molar-refractivity contribution in [1.82, 2.24) is 53.6 Å². The molecule has 0 aliphatic rings. The quantitative estimate of drug-likeness (QED) is 0.0641. The van der Waals surface area contributed by atoms with Gasteiger partial charge in [-0.15, -0.1) is 34.0 Å². The van der Waals surface area contributed by atoms with E-state index in [4.69, 9.17) is 4.74 Å². The van der Waals surface area contributed by atoms with Crippen LogP contribution >= 0.6 is 45.3 Å². The van der Waals surface area contributed by atoms with E-state index >= 15 is 0 Å². The molecule has 0 aliphatic carbocycles. The molecule has 0 amide bonds. The monoisotopic (exact) mass is 1970 g/mol. The minimum Gasteiger partial charge on any atom is -0.496 e. The number of rotatable bonds is 22. The van der Waals surface area contributed by atoms with Gasteiger partial charge in [0.05, 0.1) is 73.5 Å². The lowest BCUT2D eigenvalue weighted by molar-refractivity contribution is 0.407. The van der Waals surface area contributed by atoms with Crippen molar-refractivity contribution in [2.75, 3.05) is 7.11 Å². The number of hydrogen-bond donors (Lipinski definition) is 0. The number of hydrogen-bond acceptors (Lipinski definition) is 14. The lowest BCUT2D eigenvalue weighted by Crippen LogP contribution is -2.18. The number of thiophene rings is 1. The van der Waals surface area contributed by atoms with Gasteiger partial charge in [-0.05, 0) is 209 Å². The summed E-state index contributed by atoms with van der Waals surface area (Å²) < 4.78 is 25.8. The van der Waals surface area contributed by atoms with Crippen molar-refractivity contribution in [3.05, 3.63) is 447 Å². The Labute approximate surface area is 861 Å². The average Bonchev–Trinajstić information content (AvgIpc) is 1.72. The molecule has 18 aromatic rings. The molecule has 14 nitrogen and oxygen atoms in total. The fourth-order valence-corrected chi connectivity index (χ4v) is 18.0. The molecule has 0 fully saturated rings. The Hall–Kier alpha value is -13.0. The number of benzene rings is 8. The van der Waals surface area contributed by atoms with E-state index in [1.807, 2.05) is 103 Å². The third-order valence-electron chi connectivity index (χ3n) is 23.1. The Bertz CT molecular complexity index is 6840. The zero-order chi connectivity index (χ0) is 101. The first-order valence-electron chi connectivity index (χ1n) is 48.5. The summed E-state index contributed by atoms with van der Waals surface area (Å²) in [7, 11) is 1.66. The Morgan fingerprint density at radius 2 is 0.810 bits per heavy atom. The molecular weight excluding hydrogens is 1830 g/mol. The van der Waals surface area contributed by atoms with Gasteiger partial charge in [0.15, 0.2) is 0 Å². The van der Waals surface area contributed by atoms with Gasteiger partial charge in [0.1, 0.15) is 26.6 Å². The second-order valence-corrected chi connectivity index (χ2v) is 41.0. The molecule has 0 bridgehead atoms. The SMILES string of the molecule is C.C.CC(C)c1ccc(Cn2ccccc2=O)cc1.CC(C)c1cccc(-c2ccccc2)n1.CC(C)c1csc(-c2cccc(F)c2)n1.CC(C)c1csc(-c2ccccc2)n1.CC(C)c1csc(-c2ccsc2)n1.COc1cc(C(C)C)ccc1Cn1ccccc1=O.Cc1cc(C)n(Cc2ccc(C(C)C)cc2)n1.Cc1ccc2cc(C(C)C)ccc2n1.Cc1cnn(Cc2ccc(C(C)C)cc2)c1. The van der Waals surface area contributed by atoms with E-state index in [-0.39, 0.29) is 31.8 Å². The largest absolute Gasteiger partial charge is 0.496 e. The van der Waals surface area contributed by atoms with Crippen molar-refractivity contribution in [3.63, 3.8) is 0 Å². The molecule has 18 rings (SSSR count). The zero-order valence-corrected chi connectivity index (χ0v) is 89.1. The van der Waals surface area contributed by atoms with Crippen LogP contribution in [0.1, 0.15) is 288 Å². The van der Waals surface area contributed by atoms with Crippen LogP contribution in [0.2, 0.25) is 0 Å². The minimum absolute atomic E-state index is 0. The standard InChI is InChI=1S/C16H19NO2.C15H20N2.C15H17NO.C14H18N2.C14H15N.C13H15N.C12H12FNS.C12H13NS.C10H11NS2.2CH4/c1-12(2)13-7-8-14(15(10-13)19-3)11-17-9-5-4-6-16(17)18;1-11(2)15-7-5-14(6-8-15)10-17-13(4)9-12(3)16-17;1-12(2)14-8-6-13(7-9-14)11-16-10-4-3-5-15(16)17;1-11(2)14-6-4-13(5-7-14)10-16-9-12(3)8-15-16;1-11(2)13-9-6-10-14(15-13)12-7-4-3-5-8-12;1-9(2)11-6-7-13-12(8-11)5-4-10(3)14-13;1-8(2)11-7-15-12(14-11)9-4-3-5-10(13)6-9;1-9(2)11-8-14-12(13-11)10-6-4-3-5-7-10;1-7(2)9-6-13-10(11-9)8-3-4-12-5-8;;/h4-10,12H,11H2,1-3H3;5-9,11H,10H2,1-4H3;3-10,12H,11H2,1-2H3;4-9,11H,10H2,1-3H3;3-11H,1-2H3;4-9H,1-3H3;3-8H,1-2H3;3-9H,1-2H3;3-7H,1-2H3;2*1H4. The van der Waals surface area contributed by atoms with Crippen molar-refractivity contribution < 1.29 is 9.13 Å². The Kier molecular flexibility index (Phi) is 46.5. The Morgan fingerprint density at radius 1 is 0.359 bits per heavy atom. The topological polar surface area (TPSA) is 153 Å². The number of aryl methyl sites for hydroxylation is 4. The third-order valence-corrected chi connectivity index (χ3v) is 26.5. The smallest absolute Gasteiger partial charge is 0.250 e. The van der Waals surface area contributed by atoms with Crippen molar-refractivity contribution in [1.29, 1.82) is 0 Å². The van der Waals surface area contributed by atoms with Crippen LogP contribution in [0.15, 0.2) is 334 Å². The number of methoxy groups -OCH3 is 1. The highest BCUT2D eigenvalue weighted by Gasteiger charge is 2.15. The molecule has 142 heavy (non-hydrogen) atoms. The lowest BCUT2D eigenvalue weighted by atomic mass is 10.0. The Balaban J connectivity index is 0.000000195. The summed E-state index contributed by atoms with van der Waals surface area (Å²) in [5, 5.41) is 23.7. The summed E-state index contributed by atoms with van der Waals surface area (Å²) in [6.07, 6.45) is 7.57. The summed E-state index contributed by atoms with van der Waals surface area (Å²) in [6, 6.07) is 91.0. The maximum atomic E-state index is 13.0. The van der Waals surface area contributed by atoms with Crippen molar-refractivity contribution in [2.45, 2.75) is 247 Å². The number of fused-ring (bicyclic) bond motifs is 1. The van der Waals surface area contributed by atoms with Crippen LogP contribution in [0.5, 0.6) is 5.75 Å². The average molecular weight is 1980 g/mol. The molecule has 10 aromatic heterocycles. The van der Waals surface area contributed by atoms with Crippen molar-refractivity contribution in [2.24, 2.45) is 0 Å². The van der Waals surface area contributed by atoms with E-state index in [0.717, 1.165) is 84.5 Å². The second kappa shape index (κ2) is 57.8. The minimum atomic E-state index is -0.214. The van der Waals surface area contributed by atoms with Crippen molar-refractivity contribution in [3.8, 4) is 48.7 Å². The zero-order valence-electron chi connectivity index (χ0n) is 85.9. The first kappa shape index (κ1) is 114. The summed E-state index contributed by atoms with van der Waals surface area (Å²) in [5.74, 6) is 5.35. The fourth-order valence-electron chi connectivity index (χ4n) is 14.4. The van der Waals surface area contributed by atoms with Gasteiger partial charge in [-0.25, -0.2) is 19.3 Å². The highest BCUT2D eigenvalue weighted by atomic mass is 32.1. The van der Waals surface area contributed by atoms with Gasteiger partial charge in [-0.2, -0.15) is 21.5 Å². The normalized spacial score (nSPS) is 10.7. The van der Waals surface area contributed by atoms with Crippen LogP contribution < -0.4 is 15.9 Å². The van der Waals surface area contributed by atoms with Crippen LogP contribution in [0, 0.1) is 33.5 Å². The molecule has 10 heterocycles. The van der Waals surface area contributed by atoms with Crippen LogP contribution in [0.25, 0.3) is 53.9 Å². The fraction of sp³-hybridized carbons (Fsp3) is 0.309. The van der Waals surface area contributed by atoms with E-state index in [2.05, 4.69) is 370 Å². The molecule has 0 saturated heterocycles. The second-order valence-electron chi connectivity index (χ2n) is 37.7. The number of pyridine rings is 4. The maximum absolute atomic E-state index is 13.0. The van der Waals surface area contributed by atoms with Crippen LogP contribution in [-0.4, -0.2) is 60.7 Å². The lowest BCUT2D eigenvalue weighted by Gasteiger charge is -2.13. The molecule has 19 heteroatoms. The molecule has 744 valence electrons. The number of aromatic nitrogens is 11. The van der Waals surface area contributed by atoms with E-state index in [1.165, 1.54) is 95.8 Å². The highest BCUT2D eigenvalue weighted by molar-refractivity contribution is 7.14. The molecule has 8 aromatic carbocycles. The molecule has 0 saturated carbocycles. The number of thiazole rings is 3. The summed E-state index contributed by atoms with van der Waals surface area (Å²) in [6.45, 7) is 50.3. The van der Waals surface area contributed by atoms with E-state index < -0.39 is 0 Å². The summed E-state index contributed by atoms with van der Waals surface area (Å²) in [4.78, 5) is 46.0. The van der Waals surface area contributed by atoms with Gasteiger partial charge in [-0.3, -0.25) is 28.9 Å². The van der Waals surface area contributed by atoms with Crippen molar-refractivity contribution >= 4 is 56.3 Å². The molecule has 0 aliphatic heterocycles. The van der Waals surface area contributed by atoms with Gasteiger partial charge in [0, 0.05) is 103 Å². The van der Waals surface area contributed by atoms with Crippen LogP contribution in [0.3, 0.4) is 0 Å². The van der Waals surface area contributed by atoms with E-state index in [9.17, 15) is 14.0 Å². The van der Waals surface area contributed by atoms with Crippen LogP contribution in [0.4, 0.5) is 4.39 Å². The number of nitrogens with zero attached hydrogens (tertiary/aromatic N) is 11. The molecule has 0 unspecified atom stereocenters. The summed E-state index contributed by atoms with van der Waals surface area (Å²) in [5.41, 5.74) is 27.4. The number of ether oxygens (including phenoxy) is 1. The highest BCUT2D eigenvalue weighted by Crippen LogP contribution is 2.33. The van der Waals surface area contributed by atoms with Gasteiger partial charge >= 0.3 is 0 Å².